The van der Waals surface area contributed by atoms with Crippen LogP contribution in [0.1, 0.15) is 41.0 Å². The lowest BCUT2D eigenvalue weighted by molar-refractivity contribution is 0.0105. The van der Waals surface area contributed by atoms with Crippen LogP contribution >= 0.6 is 31.9 Å². The molecule has 1 atom stereocenters. The summed E-state index contributed by atoms with van der Waals surface area (Å²) in [5, 5.41) is 3.13. The maximum atomic E-state index is 12.7. The third-order valence-electron chi connectivity index (χ3n) is 2.44. The molecule has 0 aromatic carbocycles. The van der Waals surface area contributed by atoms with Crippen molar-refractivity contribution in [3.63, 3.8) is 0 Å². The molecule has 0 aliphatic carbocycles. The molecule has 0 bridgehead atoms. The third-order valence-corrected chi connectivity index (χ3v) is 4.87. The van der Waals surface area contributed by atoms with Gasteiger partial charge in [-0.2, -0.15) is 0 Å². The maximum absolute atomic E-state index is 12.7. The van der Waals surface area contributed by atoms with E-state index in [1.165, 1.54) is 0 Å². The molecule has 0 rings (SSSR count). The van der Waals surface area contributed by atoms with Gasteiger partial charge in [-0.25, -0.2) is 9.18 Å². The van der Waals surface area contributed by atoms with Gasteiger partial charge in [0.15, 0.2) is 0 Å². The molecule has 6 heteroatoms. The highest BCUT2D eigenvalue weighted by molar-refractivity contribution is 9.12. The Kier molecular flexibility index (Phi) is 8.33. The number of ether oxygens (including phenoxy) is 1. The van der Waals surface area contributed by atoms with Gasteiger partial charge in [0.1, 0.15) is 5.60 Å². The molecule has 0 aromatic rings. The molecule has 0 aromatic heterocycles. The summed E-state index contributed by atoms with van der Waals surface area (Å²) in [6.45, 7) is 10.1. The summed E-state index contributed by atoms with van der Waals surface area (Å²) in [7, 11) is 0. The summed E-state index contributed by atoms with van der Waals surface area (Å²) < 4.78 is 18.1. The predicted molar refractivity (Wildman–Crippen MR) is 88.3 cm³/mol. The minimum Gasteiger partial charge on any atom is -0.444 e. The zero-order chi connectivity index (χ0) is 16.0. The van der Waals surface area contributed by atoms with E-state index >= 15 is 0 Å². The van der Waals surface area contributed by atoms with Crippen LogP contribution in [0.4, 0.5) is 9.18 Å². The molecule has 1 unspecified atom stereocenters. The Morgan fingerprint density at radius 2 is 1.90 bits per heavy atom. The van der Waals surface area contributed by atoms with Crippen LogP contribution < -0.4 is 5.32 Å². The third kappa shape index (κ3) is 8.95. The summed E-state index contributed by atoms with van der Waals surface area (Å²) in [5.74, 6) is 0. The Bertz CT molecular complexity index is 352. The molecule has 0 spiro atoms. The van der Waals surface area contributed by atoms with Crippen LogP contribution in [0.5, 0.6) is 0 Å². The average Bonchev–Trinajstić information content (AvgIpc) is 2.25. The molecule has 0 saturated carbocycles. The minimum absolute atomic E-state index is 0.0602. The average molecular weight is 417 g/mol. The number of rotatable bonds is 6. The zero-order valence-electron chi connectivity index (χ0n) is 12.7. The van der Waals surface area contributed by atoms with E-state index in [0.29, 0.717) is 17.2 Å². The molecular weight excluding hydrogens is 393 g/mol. The van der Waals surface area contributed by atoms with E-state index in [2.05, 4.69) is 57.9 Å². The fourth-order valence-corrected chi connectivity index (χ4v) is 2.77. The molecule has 0 aliphatic heterocycles. The molecule has 0 heterocycles. The van der Waals surface area contributed by atoms with Crippen molar-refractivity contribution in [2.75, 3.05) is 11.9 Å². The van der Waals surface area contributed by atoms with E-state index in [4.69, 9.17) is 4.74 Å². The molecular formula is C14H24Br2FNO2. The number of alkyl carbamates (subject to hydrolysis) is 1. The van der Waals surface area contributed by atoms with Crippen molar-refractivity contribution in [3.05, 3.63) is 11.9 Å². The van der Waals surface area contributed by atoms with Gasteiger partial charge in [0.2, 0.25) is 0 Å². The lowest BCUT2D eigenvalue weighted by atomic mass is 9.84. The van der Waals surface area contributed by atoms with Gasteiger partial charge in [-0.05, 0) is 31.3 Å². The normalized spacial score (nSPS) is 14.9. The first kappa shape index (κ1) is 19.9. The van der Waals surface area contributed by atoms with Crippen molar-refractivity contribution in [1.82, 2.24) is 5.32 Å². The van der Waals surface area contributed by atoms with Gasteiger partial charge in [0.05, 0.1) is 6.33 Å². The number of halogens is 3. The van der Waals surface area contributed by atoms with Gasteiger partial charge < -0.3 is 10.1 Å². The zero-order valence-corrected chi connectivity index (χ0v) is 15.9. The highest BCUT2D eigenvalue weighted by Gasteiger charge is 2.29. The summed E-state index contributed by atoms with van der Waals surface area (Å²) in [6, 6.07) is 0. The van der Waals surface area contributed by atoms with Crippen LogP contribution in [0.3, 0.4) is 0 Å². The number of hydrogen-bond donors (Lipinski definition) is 1. The van der Waals surface area contributed by atoms with E-state index in [1.807, 2.05) is 13.8 Å². The molecule has 0 radical (unpaired) electrons. The lowest BCUT2D eigenvalue weighted by Gasteiger charge is -2.32. The Hall–Kier alpha value is -0.100. The smallest absolute Gasteiger partial charge is 0.407 e. The first-order valence-electron chi connectivity index (χ1n) is 6.47. The standard InChI is InChI=1S/C14H24Br2FNO2/c1-13(2,3)9-14(4,5)20-12(19)18-8-10(7-17)11(16)6-15/h7,11H,6,8-9H2,1-5H3,(H,18,19)/b10-7-. The van der Waals surface area contributed by atoms with Crippen LogP contribution in [0.2, 0.25) is 0 Å². The molecule has 1 N–H and O–H groups in total. The molecule has 118 valence electrons. The molecule has 0 fully saturated rings. The number of carbonyl (C=O) groups is 1. The highest BCUT2D eigenvalue weighted by Crippen LogP contribution is 2.29. The molecule has 0 aliphatic rings. The monoisotopic (exact) mass is 415 g/mol. The summed E-state index contributed by atoms with van der Waals surface area (Å²) in [6.07, 6.45) is 0.705. The van der Waals surface area contributed by atoms with Crippen molar-refractivity contribution < 1.29 is 13.9 Å². The minimum atomic E-state index is -0.564. The van der Waals surface area contributed by atoms with Gasteiger partial charge in [-0.1, -0.05) is 52.6 Å². The van der Waals surface area contributed by atoms with Crippen LogP contribution in [0, 0.1) is 5.41 Å². The van der Waals surface area contributed by atoms with Crippen molar-refractivity contribution in [2.45, 2.75) is 51.5 Å². The summed E-state index contributed by atoms with van der Waals surface area (Å²) in [5.41, 5.74) is -0.0528. The number of nitrogens with one attached hydrogen (secondary N) is 1. The second kappa shape index (κ2) is 8.37. The fraction of sp³-hybridized carbons (Fsp3) is 0.786. The predicted octanol–water partition coefficient (Wildman–Crippen LogP) is 4.94. The van der Waals surface area contributed by atoms with Crippen LogP contribution in [0.15, 0.2) is 11.9 Å². The van der Waals surface area contributed by atoms with Crippen molar-refractivity contribution in [1.29, 1.82) is 0 Å². The molecule has 0 saturated heterocycles. The SMILES string of the molecule is CC(C)(C)CC(C)(C)OC(=O)NC/C(=C/F)C(Br)CBr. The van der Waals surface area contributed by atoms with Crippen LogP contribution in [-0.2, 0) is 4.74 Å². The highest BCUT2D eigenvalue weighted by atomic mass is 79.9. The van der Waals surface area contributed by atoms with E-state index in [0.717, 1.165) is 6.42 Å². The largest absolute Gasteiger partial charge is 0.444 e. The number of hydrogen-bond acceptors (Lipinski definition) is 2. The maximum Gasteiger partial charge on any atom is 0.407 e. The first-order chi connectivity index (χ1) is 9.00. The van der Waals surface area contributed by atoms with Crippen molar-refractivity contribution in [3.8, 4) is 0 Å². The second-order valence-electron chi connectivity index (χ2n) is 6.55. The molecule has 1 amide bonds. The number of alkyl halides is 2. The van der Waals surface area contributed by atoms with Gasteiger partial charge in [0.25, 0.3) is 0 Å². The topological polar surface area (TPSA) is 38.3 Å². The first-order valence-corrected chi connectivity index (χ1v) is 8.50. The van der Waals surface area contributed by atoms with E-state index in [1.54, 1.807) is 0 Å². The van der Waals surface area contributed by atoms with Gasteiger partial charge in [-0.3, -0.25) is 0 Å². The Morgan fingerprint density at radius 1 is 1.35 bits per heavy atom. The second-order valence-corrected chi connectivity index (χ2v) is 8.30. The Labute approximate surface area is 138 Å². The van der Waals surface area contributed by atoms with Gasteiger partial charge >= 0.3 is 6.09 Å². The van der Waals surface area contributed by atoms with Crippen LogP contribution in [-0.4, -0.2) is 28.4 Å². The molecule has 20 heavy (non-hydrogen) atoms. The van der Waals surface area contributed by atoms with Gasteiger partial charge in [-0.15, -0.1) is 0 Å². The lowest BCUT2D eigenvalue weighted by Crippen LogP contribution is -2.38. The van der Waals surface area contributed by atoms with E-state index in [-0.39, 0.29) is 16.8 Å². The number of amides is 1. The van der Waals surface area contributed by atoms with E-state index < -0.39 is 11.7 Å². The van der Waals surface area contributed by atoms with Crippen LogP contribution in [0.25, 0.3) is 0 Å². The number of carbonyl (C=O) groups excluding carboxylic acids is 1. The van der Waals surface area contributed by atoms with E-state index in [9.17, 15) is 9.18 Å². The van der Waals surface area contributed by atoms with Crippen molar-refractivity contribution >= 4 is 38.0 Å². The summed E-state index contributed by atoms with van der Waals surface area (Å²) >= 11 is 6.55. The Morgan fingerprint density at radius 3 is 2.30 bits per heavy atom. The molecule has 3 nitrogen and oxygen atoms in total. The fourth-order valence-electron chi connectivity index (χ4n) is 2.09. The van der Waals surface area contributed by atoms with Gasteiger partial charge in [0, 0.05) is 16.7 Å². The quantitative estimate of drug-likeness (QED) is 0.622. The summed E-state index contributed by atoms with van der Waals surface area (Å²) in [4.78, 5) is 11.6. The van der Waals surface area contributed by atoms with Crippen molar-refractivity contribution in [2.24, 2.45) is 5.41 Å². The Balaban J connectivity index is 4.36.